The van der Waals surface area contributed by atoms with E-state index in [1.54, 1.807) is 30.0 Å². The molecule has 2 heterocycles. The summed E-state index contributed by atoms with van der Waals surface area (Å²) in [6.45, 7) is 1.80. The van der Waals surface area contributed by atoms with E-state index in [1.165, 1.54) is 18.5 Å². The number of amides is 2. The average Bonchev–Trinajstić information content (AvgIpc) is 3.01. The molecule has 0 bridgehead atoms. The number of hydrogen-bond donors (Lipinski definition) is 2. The lowest BCUT2D eigenvalue weighted by molar-refractivity contribution is -0.137. The molecule has 0 atom stereocenters. The molecule has 0 aliphatic carbocycles. The van der Waals surface area contributed by atoms with Crippen molar-refractivity contribution in [2.75, 3.05) is 10.6 Å². The smallest absolute Gasteiger partial charge is 0.308 e. The first-order valence-electron chi connectivity index (χ1n) is 7.40. The van der Waals surface area contributed by atoms with E-state index < -0.39 is 17.8 Å². The number of urea groups is 1. The van der Waals surface area contributed by atoms with Gasteiger partial charge in [-0.1, -0.05) is 0 Å². The second-order valence-electron chi connectivity index (χ2n) is 5.26. The molecular formula is C16H13F3N6O. The monoisotopic (exact) mass is 362 g/mol. The standard InChI is InChI=1S/C16H13F3N6O/c1-10-20-6-7-25(10)14-8-13(21-9-22-14)24-15(26)23-12-4-2-11(3-5-12)16(17,18)19/h2-9H,1H3,(H2,21,22,23,24,26). The maximum atomic E-state index is 12.5. The lowest BCUT2D eigenvalue weighted by Gasteiger charge is -2.10. The fourth-order valence-corrected chi connectivity index (χ4v) is 2.19. The predicted octanol–water partition coefficient (Wildman–Crippen LogP) is 3.63. The molecule has 0 spiro atoms. The SMILES string of the molecule is Cc1nccn1-c1cc(NC(=O)Nc2ccc(C(F)(F)F)cc2)ncn1. The van der Waals surface area contributed by atoms with Crippen LogP contribution in [-0.2, 0) is 6.18 Å². The fourth-order valence-electron chi connectivity index (χ4n) is 2.19. The lowest BCUT2D eigenvalue weighted by atomic mass is 10.2. The number of aryl methyl sites for hydroxylation is 1. The normalized spacial score (nSPS) is 11.2. The minimum Gasteiger partial charge on any atom is -0.308 e. The van der Waals surface area contributed by atoms with Crippen molar-refractivity contribution in [1.82, 2.24) is 19.5 Å². The quantitative estimate of drug-likeness (QED) is 0.745. The zero-order valence-corrected chi connectivity index (χ0v) is 13.4. The topological polar surface area (TPSA) is 84.7 Å². The number of anilines is 2. The second-order valence-corrected chi connectivity index (χ2v) is 5.26. The largest absolute Gasteiger partial charge is 0.416 e. The van der Waals surface area contributed by atoms with Crippen LogP contribution in [0.4, 0.5) is 29.5 Å². The number of benzene rings is 1. The van der Waals surface area contributed by atoms with Crippen LogP contribution in [0.2, 0.25) is 0 Å². The van der Waals surface area contributed by atoms with Crippen LogP contribution in [-0.4, -0.2) is 25.6 Å². The summed E-state index contributed by atoms with van der Waals surface area (Å²) in [6, 6.07) is 5.02. The van der Waals surface area contributed by atoms with Crippen molar-refractivity contribution in [3.63, 3.8) is 0 Å². The molecule has 2 N–H and O–H groups in total. The molecule has 134 valence electrons. The van der Waals surface area contributed by atoms with Crippen molar-refractivity contribution >= 4 is 17.5 Å². The number of alkyl halides is 3. The van der Waals surface area contributed by atoms with Crippen LogP contribution in [0, 0.1) is 6.92 Å². The van der Waals surface area contributed by atoms with Crippen LogP contribution < -0.4 is 10.6 Å². The van der Waals surface area contributed by atoms with Gasteiger partial charge < -0.3 is 5.32 Å². The fraction of sp³-hybridized carbons (Fsp3) is 0.125. The van der Waals surface area contributed by atoms with Gasteiger partial charge in [0, 0.05) is 24.1 Å². The highest BCUT2D eigenvalue weighted by Crippen LogP contribution is 2.29. The summed E-state index contributed by atoms with van der Waals surface area (Å²) < 4.78 is 39.3. The number of aromatic nitrogens is 4. The van der Waals surface area contributed by atoms with E-state index in [4.69, 9.17) is 0 Å². The minimum absolute atomic E-state index is 0.218. The van der Waals surface area contributed by atoms with Gasteiger partial charge in [0.1, 0.15) is 23.8 Å². The van der Waals surface area contributed by atoms with Crippen LogP contribution in [0.5, 0.6) is 0 Å². The zero-order valence-electron chi connectivity index (χ0n) is 13.4. The van der Waals surface area contributed by atoms with Gasteiger partial charge in [-0.25, -0.2) is 19.7 Å². The highest BCUT2D eigenvalue weighted by atomic mass is 19.4. The number of nitrogens with one attached hydrogen (secondary N) is 2. The highest BCUT2D eigenvalue weighted by Gasteiger charge is 2.29. The Balaban J connectivity index is 1.68. The van der Waals surface area contributed by atoms with Gasteiger partial charge in [0.2, 0.25) is 0 Å². The summed E-state index contributed by atoms with van der Waals surface area (Å²) in [5.74, 6) is 1.45. The number of rotatable bonds is 3. The first kappa shape index (κ1) is 17.4. The Morgan fingerprint density at radius 3 is 2.42 bits per heavy atom. The molecule has 1 aromatic carbocycles. The van der Waals surface area contributed by atoms with E-state index in [0.29, 0.717) is 11.6 Å². The molecule has 26 heavy (non-hydrogen) atoms. The van der Waals surface area contributed by atoms with Crippen LogP contribution in [0.25, 0.3) is 5.82 Å². The number of imidazole rings is 1. The van der Waals surface area contributed by atoms with E-state index in [-0.39, 0.29) is 11.5 Å². The number of halogens is 3. The molecule has 0 saturated carbocycles. The Bertz CT molecular complexity index is 920. The Morgan fingerprint density at radius 1 is 1.08 bits per heavy atom. The van der Waals surface area contributed by atoms with Gasteiger partial charge in [0.05, 0.1) is 5.56 Å². The first-order valence-corrected chi connectivity index (χ1v) is 7.40. The van der Waals surface area contributed by atoms with E-state index in [2.05, 4.69) is 25.6 Å². The molecular weight excluding hydrogens is 349 g/mol. The molecule has 0 fully saturated rings. The van der Waals surface area contributed by atoms with Gasteiger partial charge in [0.15, 0.2) is 0 Å². The molecule has 2 aromatic heterocycles. The molecule has 0 aliphatic heterocycles. The molecule has 0 aliphatic rings. The number of carbonyl (C=O) groups is 1. The van der Waals surface area contributed by atoms with Gasteiger partial charge in [-0.05, 0) is 31.2 Å². The Morgan fingerprint density at radius 2 is 1.81 bits per heavy atom. The molecule has 0 unspecified atom stereocenters. The maximum absolute atomic E-state index is 12.5. The number of hydrogen-bond acceptors (Lipinski definition) is 4. The summed E-state index contributed by atoms with van der Waals surface area (Å²) in [7, 11) is 0. The molecule has 0 radical (unpaired) electrons. The van der Waals surface area contributed by atoms with Crippen molar-refractivity contribution in [1.29, 1.82) is 0 Å². The van der Waals surface area contributed by atoms with Crippen molar-refractivity contribution in [2.45, 2.75) is 13.1 Å². The molecule has 3 rings (SSSR count). The van der Waals surface area contributed by atoms with Crippen molar-refractivity contribution < 1.29 is 18.0 Å². The summed E-state index contributed by atoms with van der Waals surface area (Å²) in [6.07, 6.45) is 0.178. The third-order valence-corrected chi connectivity index (χ3v) is 3.44. The van der Waals surface area contributed by atoms with Gasteiger partial charge in [-0.3, -0.25) is 9.88 Å². The molecule has 3 aromatic rings. The lowest BCUT2D eigenvalue weighted by Crippen LogP contribution is -2.20. The van der Waals surface area contributed by atoms with Crippen LogP contribution in [0.15, 0.2) is 49.1 Å². The number of carbonyl (C=O) groups excluding carboxylic acids is 1. The third-order valence-electron chi connectivity index (χ3n) is 3.44. The van der Waals surface area contributed by atoms with E-state index in [9.17, 15) is 18.0 Å². The molecule has 0 saturated heterocycles. The zero-order chi connectivity index (χ0) is 18.7. The predicted molar refractivity (Wildman–Crippen MR) is 88.0 cm³/mol. The Kier molecular flexibility index (Phi) is 4.57. The average molecular weight is 362 g/mol. The maximum Gasteiger partial charge on any atom is 0.416 e. The van der Waals surface area contributed by atoms with E-state index in [0.717, 1.165) is 12.1 Å². The van der Waals surface area contributed by atoms with Gasteiger partial charge in [0.25, 0.3) is 0 Å². The summed E-state index contributed by atoms with van der Waals surface area (Å²) in [5.41, 5.74) is -0.574. The summed E-state index contributed by atoms with van der Waals surface area (Å²) >= 11 is 0. The molecule has 10 heteroatoms. The van der Waals surface area contributed by atoms with Crippen LogP contribution in [0.1, 0.15) is 11.4 Å². The van der Waals surface area contributed by atoms with Gasteiger partial charge in [-0.15, -0.1) is 0 Å². The van der Waals surface area contributed by atoms with Crippen molar-refractivity contribution in [2.24, 2.45) is 0 Å². The Hall–Kier alpha value is -3.43. The van der Waals surface area contributed by atoms with Gasteiger partial charge >= 0.3 is 12.2 Å². The van der Waals surface area contributed by atoms with E-state index in [1.807, 2.05) is 0 Å². The van der Waals surface area contributed by atoms with Crippen LogP contribution in [0.3, 0.4) is 0 Å². The van der Waals surface area contributed by atoms with Crippen LogP contribution >= 0.6 is 0 Å². The first-order chi connectivity index (χ1) is 12.3. The third kappa shape index (κ3) is 3.97. The summed E-state index contributed by atoms with van der Waals surface area (Å²) in [5, 5.41) is 4.94. The van der Waals surface area contributed by atoms with Gasteiger partial charge in [-0.2, -0.15) is 13.2 Å². The minimum atomic E-state index is -4.43. The summed E-state index contributed by atoms with van der Waals surface area (Å²) in [4.78, 5) is 24.1. The Labute approximate surface area is 145 Å². The number of nitrogens with zero attached hydrogens (tertiary/aromatic N) is 4. The van der Waals surface area contributed by atoms with E-state index >= 15 is 0 Å². The molecule has 2 amide bonds. The molecule has 7 nitrogen and oxygen atoms in total. The van der Waals surface area contributed by atoms with Crippen molar-refractivity contribution in [3.8, 4) is 5.82 Å². The highest BCUT2D eigenvalue weighted by molar-refractivity contribution is 5.99. The second kappa shape index (κ2) is 6.82. The van der Waals surface area contributed by atoms with Crippen molar-refractivity contribution in [3.05, 3.63) is 60.4 Å².